The van der Waals surface area contributed by atoms with E-state index in [9.17, 15) is 14.4 Å². The normalized spacial score (nSPS) is 20.8. The molecule has 0 saturated heterocycles. The van der Waals surface area contributed by atoms with Gasteiger partial charge in [0.15, 0.2) is 28.8 Å². The van der Waals surface area contributed by atoms with Crippen molar-refractivity contribution in [3.05, 3.63) is 57.6 Å². The maximum atomic E-state index is 12.6. The van der Waals surface area contributed by atoms with Crippen LogP contribution in [0.5, 0.6) is 11.5 Å². The second kappa shape index (κ2) is 8.17. The summed E-state index contributed by atoms with van der Waals surface area (Å²) in [6, 6.07) is 10.6. The molecular weight excluding hydrogens is 415 g/mol. The molecular formula is C22H18Cl2O5. The standard InChI is InChI=1S/C22H18Cl2O5/c23-15-4-3-13(8-16(15)24)14-9-18(26)22(19(27)10-14)17(25)5-1-12-2-6-20-21(7-12)29-11-28-20/h2-4,6-8,14,22H,1,5,9-11H2. The number of rotatable bonds is 5. The third kappa shape index (κ3) is 4.16. The number of Topliss-reactive ketones (excluding diaryl/α,β-unsaturated/α-hetero) is 3. The number of carbonyl (C=O) groups is 3. The van der Waals surface area contributed by atoms with Gasteiger partial charge in [0.05, 0.1) is 10.0 Å². The summed E-state index contributed by atoms with van der Waals surface area (Å²) in [7, 11) is 0. The summed E-state index contributed by atoms with van der Waals surface area (Å²) in [6.45, 7) is 0.183. The molecule has 1 fully saturated rings. The lowest BCUT2D eigenvalue weighted by Gasteiger charge is -2.26. The van der Waals surface area contributed by atoms with Crippen LogP contribution in [0.25, 0.3) is 0 Å². The highest BCUT2D eigenvalue weighted by atomic mass is 35.5. The third-order valence-corrected chi connectivity index (χ3v) is 6.11. The minimum absolute atomic E-state index is 0.124. The van der Waals surface area contributed by atoms with Gasteiger partial charge in [-0.05, 0) is 47.7 Å². The molecule has 1 aliphatic heterocycles. The third-order valence-electron chi connectivity index (χ3n) is 5.37. The Kier molecular flexibility index (Phi) is 5.61. The highest BCUT2D eigenvalue weighted by Crippen LogP contribution is 2.36. The average Bonchev–Trinajstić information content (AvgIpc) is 3.15. The van der Waals surface area contributed by atoms with Gasteiger partial charge in [0, 0.05) is 19.3 Å². The van der Waals surface area contributed by atoms with Crippen LogP contribution in [0.4, 0.5) is 0 Å². The zero-order valence-corrected chi connectivity index (χ0v) is 17.0. The van der Waals surface area contributed by atoms with Gasteiger partial charge in [-0.25, -0.2) is 0 Å². The Balaban J connectivity index is 1.40. The Morgan fingerprint density at radius 2 is 1.66 bits per heavy atom. The Morgan fingerprint density at radius 3 is 2.38 bits per heavy atom. The van der Waals surface area contributed by atoms with Gasteiger partial charge in [-0.2, -0.15) is 0 Å². The topological polar surface area (TPSA) is 69.7 Å². The number of benzene rings is 2. The molecule has 2 aromatic rings. The molecule has 1 heterocycles. The zero-order chi connectivity index (χ0) is 20.5. The molecule has 0 amide bonds. The average molecular weight is 433 g/mol. The number of ether oxygens (including phenoxy) is 2. The number of carbonyl (C=O) groups excluding carboxylic acids is 3. The molecule has 1 aliphatic carbocycles. The molecule has 0 radical (unpaired) electrons. The van der Waals surface area contributed by atoms with Crippen molar-refractivity contribution in [2.75, 3.05) is 6.79 Å². The molecule has 5 nitrogen and oxygen atoms in total. The van der Waals surface area contributed by atoms with Crippen LogP contribution in [0.3, 0.4) is 0 Å². The van der Waals surface area contributed by atoms with Crippen molar-refractivity contribution in [2.45, 2.75) is 31.6 Å². The van der Waals surface area contributed by atoms with E-state index in [0.29, 0.717) is 28.0 Å². The maximum absolute atomic E-state index is 12.6. The molecule has 150 valence electrons. The van der Waals surface area contributed by atoms with Crippen LogP contribution in [0.2, 0.25) is 10.0 Å². The van der Waals surface area contributed by atoms with Crippen LogP contribution >= 0.6 is 23.2 Å². The fraction of sp³-hybridized carbons (Fsp3) is 0.318. The van der Waals surface area contributed by atoms with Crippen molar-refractivity contribution in [1.29, 1.82) is 0 Å². The van der Waals surface area contributed by atoms with Crippen LogP contribution in [0, 0.1) is 5.92 Å². The van der Waals surface area contributed by atoms with Crippen LogP contribution in [0.1, 0.15) is 36.3 Å². The van der Waals surface area contributed by atoms with E-state index < -0.39 is 5.92 Å². The van der Waals surface area contributed by atoms with Crippen LogP contribution < -0.4 is 9.47 Å². The number of ketones is 3. The fourth-order valence-corrected chi connectivity index (χ4v) is 4.15. The second-order valence-electron chi connectivity index (χ2n) is 7.30. The van der Waals surface area contributed by atoms with Crippen molar-refractivity contribution in [3.8, 4) is 11.5 Å². The van der Waals surface area contributed by atoms with Crippen molar-refractivity contribution in [1.82, 2.24) is 0 Å². The highest BCUT2D eigenvalue weighted by molar-refractivity contribution is 6.42. The minimum Gasteiger partial charge on any atom is -0.454 e. The van der Waals surface area contributed by atoms with E-state index in [1.165, 1.54) is 0 Å². The molecule has 0 bridgehead atoms. The fourth-order valence-electron chi connectivity index (χ4n) is 3.84. The first kappa shape index (κ1) is 19.9. The summed E-state index contributed by atoms with van der Waals surface area (Å²) >= 11 is 12.0. The van der Waals surface area contributed by atoms with Gasteiger partial charge in [-0.3, -0.25) is 14.4 Å². The van der Waals surface area contributed by atoms with Gasteiger partial charge in [0.1, 0.15) is 5.92 Å². The molecule has 29 heavy (non-hydrogen) atoms. The molecule has 2 aliphatic rings. The van der Waals surface area contributed by atoms with E-state index in [1.807, 2.05) is 12.1 Å². The number of aryl methyl sites for hydroxylation is 1. The van der Waals surface area contributed by atoms with Gasteiger partial charge < -0.3 is 9.47 Å². The monoisotopic (exact) mass is 432 g/mol. The summed E-state index contributed by atoms with van der Waals surface area (Å²) in [4.78, 5) is 37.9. The Morgan fingerprint density at radius 1 is 0.931 bits per heavy atom. The van der Waals surface area contributed by atoms with E-state index in [0.717, 1.165) is 11.1 Å². The summed E-state index contributed by atoms with van der Waals surface area (Å²) < 4.78 is 10.6. The lowest BCUT2D eigenvalue weighted by atomic mass is 9.74. The Labute approximate surface area is 177 Å². The van der Waals surface area contributed by atoms with E-state index in [2.05, 4.69) is 0 Å². The van der Waals surface area contributed by atoms with E-state index in [4.69, 9.17) is 32.7 Å². The van der Waals surface area contributed by atoms with E-state index >= 15 is 0 Å². The molecule has 0 atom stereocenters. The largest absolute Gasteiger partial charge is 0.454 e. The molecule has 1 saturated carbocycles. The molecule has 0 aromatic heterocycles. The highest BCUT2D eigenvalue weighted by Gasteiger charge is 2.40. The number of halogens is 2. The second-order valence-corrected chi connectivity index (χ2v) is 8.11. The summed E-state index contributed by atoms with van der Waals surface area (Å²) in [5, 5.41) is 0.798. The molecule has 7 heteroatoms. The quantitative estimate of drug-likeness (QED) is 0.647. The Hall–Kier alpha value is -2.37. The Bertz CT molecular complexity index is 983. The summed E-state index contributed by atoms with van der Waals surface area (Å²) in [6.07, 6.45) is 0.844. The molecule has 0 unspecified atom stereocenters. The van der Waals surface area contributed by atoms with Crippen molar-refractivity contribution >= 4 is 40.6 Å². The zero-order valence-electron chi connectivity index (χ0n) is 15.5. The molecule has 0 spiro atoms. The lowest BCUT2D eigenvalue weighted by Crippen LogP contribution is -2.38. The van der Waals surface area contributed by atoms with E-state index in [1.54, 1.807) is 24.3 Å². The van der Waals surface area contributed by atoms with Crippen molar-refractivity contribution < 1.29 is 23.9 Å². The summed E-state index contributed by atoms with van der Waals surface area (Å²) in [5.41, 5.74) is 1.68. The smallest absolute Gasteiger partial charge is 0.231 e. The first-order valence-electron chi connectivity index (χ1n) is 9.34. The van der Waals surface area contributed by atoms with Gasteiger partial charge in [-0.15, -0.1) is 0 Å². The SMILES string of the molecule is O=C(CCc1ccc2c(c1)OCO2)C1C(=O)CC(c2ccc(Cl)c(Cl)c2)CC1=O. The number of hydrogen-bond donors (Lipinski definition) is 0. The van der Waals surface area contributed by atoms with Gasteiger partial charge >= 0.3 is 0 Å². The van der Waals surface area contributed by atoms with Crippen molar-refractivity contribution in [3.63, 3.8) is 0 Å². The van der Waals surface area contributed by atoms with Crippen LogP contribution in [-0.2, 0) is 20.8 Å². The first-order valence-corrected chi connectivity index (χ1v) is 10.1. The molecule has 2 aromatic carbocycles. The molecule has 0 N–H and O–H groups in total. The van der Waals surface area contributed by atoms with Crippen molar-refractivity contribution in [2.24, 2.45) is 5.92 Å². The van der Waals surface area contributed by atoms with Gasteiger partial charge in [-0.1, -0.05) is 35.3 Å². The minimum atomic E-state index is -1.16. The lowest BCUT2D eigenvalue weighted by molar-refractivity contribution is -0.142. The predicted octanol–water partition coefficient (Wildman–Crippen LogP) is 4.56. The van der Waals surface area contributed by atoms with Gasteiger partial charge in [0.2, 0.25) is 6.79 Å². The molecule has 4 rings (SSSR count). The number of fused-ring (bicyclic) bond motifs is 1. The summed E-state index contributed by atoms with van der Waals surface area (Å²) in [5.74, 6) is -1.10. The predicted molar refractivity (Wildman–Crippen MR) is 108 cm³/mol. The van der Waals surface area contributed by atoms with Gasteiger partial charge in [0.25, 0.3) is 0 Å². The van der Waals surface area contributed by atoms with Crippen LogP contribution in [-0.4, -0.2) is 24.1 Å². The number of hydrogen-bond acceptors (Lipinski definition) is 5. The van der Waals surface area contributed by atoms with E-state index in [-0.39, 0.29) is 49.3 Å². The first-order chi connectivity index (χ1) is 13.9. The van der Waals surface area contributed by atoms with Crippen LogP contribution in [0.15, 0.2) is 36.4 Å². The maximum Gasteiger partial charge on any atom is 0.231 e.